The molecule has 1 aliphatic heterocycles. The van der Waals surface area contributed by atoms with Gasteiger partial charge >= 0.3 is 0 Å². The maximum absolute atomic E-state index is 6.13. The second-order valence-electron chi connectivity index (χ2n) is 4.60. The lowest BCUT2D eigenvalue weighted by atomic mass is 10.3. The topological polar surface area (TPSA) is 6.48 Å². The summed E-state index contributed by atoms with van der Waals surface area (Å²) in [4.78, 5) is 0. The van der Waals surface area contributed by atoms with Gasteiger partial charge in [0, 0.05) is 35.3 Å². The summed E-state index contributed by atoms with van der Waals surface area (Å²) in [7, 11) is 0. The van der Waals surface area contributed by atoms with Crippen LogP contribution in [-0.2, 0) is 24.5 Å². The van der Waals surface area contributed by atoms with Crippen LogP contribution < -0.4 is 8.88 Å². The molecule has 0 aromatic heterocycles. The molecule has 0 spiro atoms. The normalized spacial score (nSPS) is 27.6. The van der Waals surface area contributed by atoms with Gasteiger partial charge in [0.25, 0.3) is 0 Å². The SMILES string of the molecule is CS[P+]1([S-])N(c2ccccc2)[P+]([S-])(SC)N1c1ccccc1. The van der Waals surface area contributed by atoms with Gasteiger partial charge in [0.1, 0.15) is 11.4 Å². The van der Waals surface area contributed by atoms with E-state index in [0.717, 1.165) is 11.4 Å². The van der Waals surface area contributed by atoms with E-state index >= 15 is 0 Å². The zero-order chi connectivity index (χ0) is 15.8. The zero-order valence-corrected chi connectivity index (χ0v) is 17.3. The third-order valence-electron chi connectivity index (χ3n) is 3.41. The first-order chi connectivity index (χ1) is 10.6. The Bertz CT molecular complexity index is 578. The Labute approximate surface area is 152 Å². The second-order valence-corrected chi connectivity index (χ2v) is 19.2. The van der Waals surface area contributed by atoms with Crippen LogP contribution in [0, 0.1) is 0 Å². The van der Waals surface area contributed by atoms with Crippen molar-refractivity contribution in [2.24, 2.45) is 0 Å². The lowest BCUT2D eigenvalue weighted by Crippen LogP contribution is -2.45. The smallest absolute Gasteiger partial charge is 0.218 e. The maximum Gasteiger partial charge on any atom is 0.218 e. The molecule has 1 heterocycles. The third-order valence-corrected chi connectivity index (χ3v) is 22.7. The van der Waals surface area contributed by atoms with Crippen LogP contribution in [-0.4, -0.2) is 12.5 Å². The van der Waals surface area contributed by atoms with Crippen molar-refractivity contribution in [3.8, 4) is 0 Å². The van der Waals surface area contributed by atoms with Crippen molar-refractivity contribution in [1.82, 2.24) is 0 Å². The van der Waals surface area contributed by atoms with E-state index < -0.39 is 11.9 Å². The van der Waals surface area contributed by atoms with Crippen LogP contribution in [0.1, 0.15) is 0 Å². The number of para-hydroxylation sites is 2. The van der Waals surface area contributed by atoms with Crippen molar-refractivity contribution >= 4 is 70.6 Å². The van der Waals surface area contributed by atoms with Crippen LogP contribution in [0.3, 0.4) is 0 Å². The van der Waals surface area contributed by atoms with Crippen LogP contribution >= 0.6 is 34.7 Å². The van der Waals surface area contributed by atoms with Crippen LogP contribution in [0.25, 0.3) is 0 Å². The van der Waals surface area contributed by atoms with Gasteiger partial charge in [0.05, 0.1) is 0 Å². The molecule has 0 bridgehead atoms. The van der Waals surface area contributed by atoms with Crippen molar-refractivity contribution in [1.29, 1.82) is 0 Å². The Hall–Kier alpha value is 0.300. The minimum absolute atomic E-state index is 1.16. The van der Waals surface area contributed by atoms with E-state index in [1.165, 1.54) is 0 Å². The summed E-state index contributed by atoms with van der Waals surface area (Å²) in [5.41, 5.74) is 2.31. The number of anilines is 2. The molecule has 3 rings (SSSR count). The fraction of sp³-hybridized carbons (Fsp3) is 0.143. The summed E-state index contributed by atoms with van der Waals surface area (Å²) in [6.07, 6.45) is 4.21. The van der Waals surface area contributed by atoms with E-state index in [1.54, 1.807) is 22.8 Å². The molecule has 8 heteroatoms. The van der Waals surface area contributed by atoms with Crippen molar-refractivity contribution in [2.45, 2.75) is 0 Å². The molecule has 0 radical (unpaired) electrons. The van der Waals surface area contributed by atoms with Crippen LogP contribution in [0.4, 0.5) is 11.4 Å². The lowest BCUT2D eigenvalue weighted by Gasteiger charge is -2.62. The van der Waals surface area contributed by atoms with Crippen LogP contribution in [0.15, 0.2) is 60.7 Å². The van der Waals surface area contributed by atoms with E-state index in [0.29, 0.717) is 0 Å². The molecule has 0 N–H and O–H groups in total. The molecule has 1 fully saturated rings. The highest BCUT2D eigenvalue weighted by atomic mass is 33.1. The third kappa shape index (κ3) is 2.56. The number of benzene rings is 2. The Morgan fingerprint density at radius 3 is 1.27 bits per heavy atom. The van der Waals surface area contributed by atoms with Gasteiger partial charge in [-0.25, -0.2) is 0 Å². The number of nitrogens with zero attached hydrogens (tertiary/aromatic N) is 2. The summed E-state index contributed by atoms with van der Waals surface area (Å²) < 4.78 is 4.74. The molecule has 2 aromatic rings. The predicted molar refractivity (Wildman–Crippen MR) is 113 cm³/mol. The number of hydrogen-bond donors (Lipinski definition) is 0. The van der Waals surface area contributed by atoms with Crippen LogP contribution in [0.2, 0.25) is 0 Å². The van der Waals surface area contributed by atoms with Crippen molar-refractivity contribution in [3.63, 3.8) is 0 Å². The first kappa shape index (κ1) is 17.1. The molecule has 22 heavy (non-hydrogen) atoms. The van der Waals surface area contributed by atoms with Crippen molar-refractivity contribution in [3.05, 3.63) is 60.7 Å². The number of hydrogen-bond acceptors (Lipinski definition) is 6. The van der Waals surface area contributed by atoms with Crippen molar-refractivity contribution in [2.75, 3.05) is 21.4 Å². The molecule has 1 saturated heterocycles. The molecule has 2 aromatic carbocycles. The van der Waals surface area contributed by atoms with E-state index in [2.05, 4.69) is 69.9 Å². The van der Waals surface area contributed by atoms with Gasteiger partial charge in [-0.1, -0.05) is 36.4 Å². The summed E-state index contributed by atoms with van der Waals surface area (Å²) in [6.45, 7) is 0. The molecule has 116 valence electrons. The van der Waals surface area contributed by atoms with Crippen LogP contribution in [0.5, 0.6) is 0 Å². The van der Waals surface area contributed by atoms with E-state index in [4.69, 9.17) is 24.5 Å². The van der Waals surface area contributed by atoms with Crippen molar-refractivity contribution < 1.29 is 0 Å². The summed E-state index contributed by atoms with van der Waals surface area (Å²) >= 11 is 15.8. The molecule has 0 aliphatic carbocycles. The summed E-state index contributed by atoms with van der Waals surface area (Å²) in [5.74, 6) is -3.87. The second kappa shape index (κ2) is 6.66. The summed E-state index contributed by atoms with van der Waals surface area (Å²) in [6, 6.07) is 20.8. The molecular formula is C14H16N2P2S4. The van der Waals surface area contributed by atoms with Gasteiger partial charge < -0.3 is 24.5 Å². The minimum atomic E-state index is -1.93. The van der Waals surface area contributed by atoms with Gasteiger partial charge in [-0.3, -0.25) is 0 Å². The first-order valence-electron chi connectivity index (χ1n) is 6.62. The fourth-order valence-electron chi connectivity index (χ4n) is 2.43. The molecule has 2 nitrogen and oxygen atoms in total. The average Bonchev–Trinajstić information content (AvgIpc) is 2.56. The molecule has 0 unspecified atom stereocenters. The summed E-state index contributed by atoms with van der Waals surface area (Å²) in [5, 5.41) is 0. The standard InChI is InChI=1S/C14H16N2P2S4/c1-21-17(19)15(13-9-5-3-6-10-13)18(20,22-2)16(17)14-11-7-4-8-12-14/h3-12H,1-2H3. The number of rotatable bonds is 4. The largest absolute Gasteiger partial charge is 0.487 e. The average molecular weight is 403 g/mol. The Balaban J connectivity index is 2.09. The van der Waals surface area contributed by atoms with Gasteiger partial charge in [-0.2, -0.15) is 0 Å². The highest BCUT2D eigenvalue weighted by Crippen LogP contribution is 3.03. The Morgan fingerprint density at radius 1 is 0.682 bits per heavy atom. The monoisotopic (exact) mass is 402 g/mol. The maximum atomic E-state index is 6.13. The first-order valence-corrected chi connectivity index (χ1v) is 15.7. The minimum Gasteiger partial charge on any atom is -0.487 e. The Kier molecular flexibility index (Phi) is 5.19. The van der Waals surface area contributed by atoms with E-state index in [-0.39, 0.29) is 0 Å². The zero-order valence-electron chi connectivity index (χ0n) is 12.2. The fourth-order valence-corrected chi connectivity index (χ4v) is 25.5. The quantitative estimate of drug-likeness (QED) is 0.441. The molecule has 0 atom stereocenters. The van der Waals surface area contributed by atoms with E-state index in [1.807, 2.05) is 12.1 Å². The van der Waals surface area contributed by atoms with E-state index in [9.17, 15) is 0 Å². The van der Waals surface area contributed by atoms with Gasteiger partial charge in [-0.05, 0) is 24.3 Å². The predicted octanol–water partition coefficient (Wildman–Crippen LogP) is 6.19. The molecule has 1 aliphatic rings. The van der Waals surface area contributed by atoms with Gasteiger partial charge in [0.2, 0.25) is 11.9 Å². The molecule has 0 saturated carbocycles. The van der Waals surface area contributed by atoms with Gasteiger partial charge in [0.15, 0.2) is 0 Å². The highest BCUT2D eigenvalue weighted by molar-refractivity contribution is 9.01. The lowest BCUT2D eigenvalue weighted by molar-refractivity contribution is 1.44. The molecular weight excluding hydrogens is 386 g/mol. The molecule has 0 amide bonds. The van der Waals surface area contributed by atoms with Gasteiger partial charge in [-0.15, -0.1) is 8.88 Å². The Morgan fingerprint density at radius 2 is 1.00 bits per heavy atom. The highest BCUT2D eigenvalue weighted by Gasteiger charge is 2.71.